The Hall–Kier alpha value is -3.29. The molecule has 5 nitrogen and oxygen atoms in total. The molecule has 0 saturated carbocycles. The minimum Gasteiger partial charge on any atom is -0.484 e. The molecule has 0 radical (unpaired) electrons. The Morgan fingerprint density at radius 2 is 1.93 bits per heavy atom. The second kappa shape index (κ2) is 7.53. The first kappa shape index (κ1) is 18.5. The molecule has 8 heteroatoms. The number of hydrogen-bond donors (Lipinski definition) is 1. The maximum Gasteiger partial charge on any atom is 0.416 e. The van der Waals surface area contributed by atoms with E-state index in [1.165, 1.54) is 16.9 Å². The highest BCUT2D eigenvalue weighted by molar-refractivity contribution is 5.94. The summed E-state index contributed by atoms with van der Waals surface area (Å²) >= 11 is 0. The van der Waals surface area contributed by atoms with Gasteiger partial charge < -0.3 is 10.1 Å². The molecule has 3 aromatic rings. The summed E-state index contributed by atoms with van der Waals surface area (Å²) in [5, 5.41) is 6.47. The van der Waals surface area contributed by atoms with Crippen molar-refractivity contribution in [1.82, 2.24) is 9.78 Å². The fourth-order valence-corrected chi connectivity index (χ4v) is 2.39. The van der Waals surface area contributed by atoms with Gasteiger partial charge in [-0.2, -0.15) is 18.3 Å². The average molecular weight is 375 g/mol. The fraction of sp³-hybridized carbons (Fsp3) is 0.158. The highest BCUT2D eigenvalue weighted by Gasteiger charge is 2.31. The van der Waals surface area contributed by atoms with Crippen LogP contribution in [0.5, 0.6) is 5.75 Å². The number of alkyl halides is 3. The quantitative estimate of drug-likeness (QED) is 0.727. The lowest BCUT2D eigenvalue weighted by Crippen LogP contribution is -2.21. The molecule has 0 bridgehead atoms. The van der Waals surface area contributed by atoms with E-state index in [4.69, 9.17) is 4.74 Å². The Morgan fingerprint density at radius 3 is 2.56 bits per heavy atom. The van der Waals surface area contributed by atoms with E-state index in [2.05, 4.69) is 10.4 Å². The molecule has 1 heterocycles. The number of aromatic nitrogens is 2. The molecule has 0 aliphatic carbocycles. The summed E-state index contributed by atoms with van der Waals surface area (Å²) in [5.74, 6) is -0.0876. The Kier molecular flexibility index (Phi) is 5.16. The van der Waals surface area contributed by atoms with Crippen LogP contribution in [0.4, 0.5) is 18.9 Å². The number of carbonyl (C=O) groups excluding carboxylic acids is 1. The summed E-state index contributed by atoms with van der Waals surface area (Å²) in [5.41, 5.74) is 0.482. The van der Waals surface area contributed by atoms with Crippen LogP contribution in [0, 0.1) is 6.92 Å². The molecule has 1 N–H and O–H groups in total. The number of nitrogens with zero attached hydrogens (tertiary/aromatic N) is 2. The number of amides is 1. The molecule has 3 rings (SSSR count). The molecule has 0 unspecified atom stereocenters. The van der Waals surface area contributed by atoms with Crippen molar-refractivity contribution in [3.8, 4) is 11.4 Å². The SMILES string of the molecule is Cc1ccc(OCC(=O)Nc2cc(C(F)(F)F)ccc2-n2cccn2)cc1. The summed E-state index contributed by atoms with van der Waals surface area (Å²) in [6.45, 7) is 1.58. The molecule has 0 saturated heterocycles. The number of aryl methyl sites for hydroxylation is 1. The van der Waals surface area contributed by atoms with Gasteiger partial charge >= 0.3 is 6.18 Å². The van der Waals surface area contributed by atoms with Gasteiger partial charge in [-0.05, 0) is 43.3 Å². The maximum atomic E-state index is 13.0. The van der Waals surface area contributed by atoms with Crippen LogP contribution < -0.4 is 10.1 Å². The lowest BCUT2D eigenvalue weighted by molar-refractivity contribution is -0.137. The number of anilines is 1. The van der Waals surface area contributed by atoms with Gasteiger partial charge in [-0.3, -0.25) is 4.79 Å². The zero-order valence-corrected chi connectivity index (χ0v) is 14.3. The minimum atomic E-state index is -4.53. The second-order valence-electron chi connectivity index (χ2n) is 5.83. The van der Waals surface area contributed by atoms with E-state index in [0.717, 1.165) is 17.7 Å². The molecule has 27 heavy (non-hydrogen) atoms. The zero-order chi connectivity index (χ0) is 19.4. The third-order valence-corrected chi connectivity index (χ3v) is 3.74. The number of benzene rings is 2. The average Bonchev–Trinajstić information content (AvgIpc) is 3.15. The summed E-state index contributed by atoms with van der Waals surface area (Å²) < 4.78 is 45.8. The molecular formula is C19H16F3N3O2. The van der Waals surface area contributed by atoms with Crippen molar-refractivity contribution in [2.24, 2.45) is 0 Å². The maximum absolute atomic E-state index is 13.0. The number of carbonyl (C=O) groups is 1. The third-order valence-electron chi connectivity index (χ3n) is 3.74. The highest BCUT2D eigenvalue weighted by Crippen LogP contribution is 2.33. The van der Waals surface area contributed by atoms with E-state index in [0.29, 0.717) is 11.4 Å². The molecule has 0 atom stereocenters. The van der Waals surface area contributed by atoms with Crippen molar-refractivity contribution in [3.63, 3.8) is 0 Å². The summed E-state index contributed by atoms with van der Waals surface area (Å²) in [6, 6.07) is 11.8. The topological polar surface area (TPSA) is 56.1 Å². The Labute approximate surface area is 153 Å². The lowest BCUT2D eigenvalue weighted by Gasteiger charge is -2.15. The minimum absolute atomic E-state index is 0.00830. The molecule has 2 aromatic carbocycles. The standard InChI is InChI=1S/C19H16F3N3O2/c1-13-3-6-15(7-4-13)27-12-18(26)24-16-11-14(19(20,21)22)5-8-17(16)25-10-2-9-23-25/h2-11H,12H2,1H3,(H,24,26). The van der Waals surface area contributed by atoms with Gasteiger partial charge in [0.25, 0.3) is 5.91 Å². The van der Waals surface area contributed by atoms with Gasteiger partial charge in [0.15, 0.2) is 6.61 Å². The van der Waals surface area contributed by atoms with E-state index >= 15 is 0 Å². The molecule has 0 fully saturated rings. The largest absolute Gasteiger partial charge is 0.484 e. The molecule has 0 aliphatic rings. The van der Waals surface area contributed by atoms with Crippen LogP contribution in [0.15, 0.2) is 60.9 Å². The van der Waals surface area contributed by atoms with Crippen LogP contribution in [-0.2, 0) is 11.0 Å². The second-order valence-corrected chi connectivity index (χ2v) is 5.83. The number of hydrogen-bond acceptors (Lipinski definition) is 3. The number of halogens is 3. The Balaban J connectivity index is 1.79. The van der Waals surface area contributed by atoms with Crippen LogP contribution in [-0.4, -0.2) is 22.3 Å². The van der Waals surface area contributed by atoms with Gasteiger partial charge in [0, 0.05) is 12.4 Å². The monoisotopic (exact) mass is 375 g/mol. The number of ether oxygens (including phenoxy) is 1. The van der Waals surface area contributed by atoms with E-state index in [-0.39, 0.29) is 12.3 Å². The van der Waals surface area contributed by atoms with Crippen LogP contribution in [0.2, 0.25) is 0 Å². The molecule has 0 aliphatic heterocycles. The van der Waals surface area contributed by atoms with Gasteiger partial charge in [-0.25, -0.2) is 4.68 Å². The van der Waals surface area contributed by atoms with Crippen molar-refractivity contribution in [3.05, 3.63) is 72.1 Å². The van der Waals surface area contributed by atoms with Crippen LogP contribution in [0.1, 0.15) is 11.1 Å². The summed E-state index contributed by atoms with van der Waals surface area (Å²) in [7, 11) is 0. The van der Waals surface area contributed by atoms with Crippen molar-refractivity contribution in [2.75, 3.05) is 11.9 Å². The van der Waals surface area contributed by atoms with Crippen LogP contribution in [0.25, 0.3) is 5.69 Å². The first-order valence-corrected chi connectivity index (χ1v) is 8.03. The van der Waals surface area contributed by atoms with E-state index < -0.39 is 17.6 Å². The summed E-state index contributed by atoms with van der Waals surface area (Å²) in [4.78, 5) is 12.2. The fourth-order valence-electron chi connectivity index (χ4n) is 2.39. The van der Waals surface area contributed by atoms with Gasteiger partial charge in [-0.1, -0.05) is 17.7 Å². The van der Waals surface area contributed by atoms with Gasteiger partial charge in [0.05, 0.1) is 16.9 Å². The first-order valence-electron chi connectivity index (χ1n) is 8.03. The molecular weight excluding hydrogens is 359 g/mol. The predicted molar refractivity (Wildman–Crippen MR) is 93.9 cm³/mol. The Bertz CT molecular complexity index is 920. The summed E-state index contributed by atoms with van der Waals surface area (Å²) in [6.07, 6.45) is -1.47. The smallest absolute Gasteiger partial charge is 0.416 e. The normalized spacial score (nSPS) is 11.3. The van der Waals surface area contributed by atoms with Crippen molar-refractivity contribution < 1.29 is 22.7 Å². The van der Waals surface area contributed by atoms with Crippen molar-refractivity contribution >= 4 is 11.6 Å². The molecule has 0 spiro atoms. The van der Waals surface area contributed by atoms with E-state index in [1.807, 2.05) is 19.1 Å². The van der Waals surface area contributed by atoms with Crippen LogP contribution >= 0.6 is 0 Å². The number of rotatable bonds is 5. The van der Waals surface area contributed by atoms with Crippen molar-refractivity contribution in [2.45, 2.75) is 13.1 Å². The third kappa shape index (κ3) is 4.66. The van der Waals surface area contributed by atoms with E-state index in [9.17, 15) is 18.0 Å². The van der Waals surface area contributed by atoms with Gasteiger partial charge in [0.1, 0.15) is 5.75 Å². The number of nitrogens with one attached hydrogen (secondary N) is 1. The molecule has 1 aromatic heterocycles. The highest BCUT2D eigenvalue weighted by atomic mass is 19.4. The van der Waals surface area contributed by atoms with Crippen molar-refractivity contribution in [1.29, 1.82) is 0 Å². The van der Waals surface area contributed by atoms with Gasteiger partial charge in [-0.15, -0.1) is 0 Å². The van der Waals surface area contributed by atoms with Gasteiger partial charge in [0.2, 0.25) is 0 Å². The molecule has 1 amide bonds. The first-order chi connectivity index (χ1) is 12.8. The lowest BCUT2D eigenvalue weighted by atomic mass is 10.1. The van der Waals surface area contributed by atoms with Crippen LogP contribution in [0.3, 0.4) is 0 Å². The predicted octanol–water partition coefficient (Wildman–Crippen LogP) is 4.22. The zero-order valence-electron chi connectivity index (χ0n) is 14.3. The molecule has 140 valence electrons. The Morgan fingerprint density at radius 1 is 1.19 bits per heavy atom. The van der Waals surface area contributed by atoms with E-state index in [1.54, 1.807) is 24.4 Å².